The van der Waals surface area contributed by atoms with Crippen molar-refractivity contribution in [2.24, 2.45) is 0 Å². The molecule has 0 atom stereocenters. The van der Waals surface area contributed by atoms with Crippen LogP contribution in [0, 0.1) is 0 Å². The lowest BCUT2D eigenvalue weighted by Crippen LogP contribution is -2.24. The Hall–Kier alpha value is -1.24. The summed E-state index contributed by atoms with van der Waals surface area (Å²) in [5.41, 5.74) is 6.53. The van der Waals surface area contributed by atoms with Crippen molar-refractivity contribution >= 4 is 45.7 Å². The van der Waals surface area contributed by atoms with Crippen molar-refractivity contribution in [2.45, 2.75) is 10.8 Å². The van der Waals surface area contributed by atoms with E-state index >= 15 is 0 Å². The number of nitrogen functional groups attached to an aromatic ring is 1. The number of hydrogen-bond donors (Lipinski definition) is 2. The molecule has 0 unspecified atom stereocenters. The fraction of sp³-hybridized carbons (Fsp3) is 0.167. The second-order valence-electron chi connectivity index (χ2n) is 3.71. The van der Waals surface area contributed by atoms with Crippen molar-refractivity contribution in [1.82, 2.24) is 10.3 Å². The first kappa shape index (κ1) is 14.2. The van der Waals surface area contributed by atoms with Crippen molar-refractivity contribution in [1.29, 1.82) is 0 Å². The van der Waals surface area contributed by atoms with Crippen molar-refractivity contribution in [3.63, 3.8) is 0 Å². The van der Waals surface area contributed by atoms with Crippen molar-refractivity contribution < 1.29 is 4.79 Å². The molecule has 1 aromatic carbocycles. The molecule has 0 saturated heterocycles. The minimum Gasteiger partial charge on any atom is -0.375 e. The summed E-state index contributed by atoms with van der Waals surface area (Å²) in [5, 5.41) is 4.05. The number of hydrogen-bond acceptors (Lipinski definition) is 5. The van der Waals surface area contributed by atoms with Gasteiger partial charge in [-0.05, 0) is 17.7 Å². The van der Waals surface area contributed by atoms with Gasteiger partial charge < -0.3 is 11.1 Å². The minimum absolute atomic E-state index is 0.0214. The van der Waals surface area contributed by atoms with Gasteiger partial charge in [0.1, 0.15) is 0 Å². The molecule has 0 saturated carbocycles. The maximum absolute atomic E-state index is 11.7. The molecule has 0 aliphatic rings. The second kappa shape index (κ2) is 6.79. The Labute approximate surface area is 124 Å². The highest BCUT2D eigenvalue weighted by molar-refractivity contribution is 8.01. The third-order valence-electron chi connectivity index (χ3n) is 2.25. The summed E-state index contributed by atoms with van der Waals surface area (Å²) in [4.78, 5) is 15.6. The molecule has 4 nitrogen and oxygen atoms in total. The number of carbonyl (C=O) groups excluding carboxylic acids is 1. The van der Waals surface area contributed by atoms with Gasteiger partial charge in [-0.2, -0.15) is 0 Å². The summed E-state index contributed by atoms with van der Waals surface area (Å²) >= 11 is 8.60. The number of thiazole rings is 1. The monoisotopic (exact) mass is 313 g/mol. The summed E-state index contributed by atoms with van der Waals surface area (Å²) in [6, 6.07) is 7.38. The Bertz CT molecular complexity index is 556. The average Bonchev–Trinajstić information content (AvgIpc) is 2.81. The number of rotatable bonds is 5. The molecular weight excluding hydrogens is 302 g/mol. The SMILES string of the molecule is Nc1ncc(SCC(=O)NCc2ccc(Cl)cc2)s1. The van der Waals surface area contributed by atoms with Gasteiger partial charge in [0.2, 0.25) is 5.91 Å². The van der Waals surface area contributed by atoms with Gasteiger partial charge in [0, 0.05) is 11.6 Å². The molecule has 0 aliphatic heterocycles. The van der Waals surface area contributed by atoms with E-state index in [2.05, 4.69) is 10.3 Å². The molecule has 100 valence electrons. The van der Waals surface area contributed by atoms with Gasteiger partial charge in [0.15, 0.2) is 5.13 Å². The van der Waals surface area contributed by atoms with Crippen LogP contribution in [0.4, 0.5) is 5.13 Å². The molecule has 3 N–H and O–H groups in total. The molecule has 0 fully saturated rings. The number of nitrogens with two attached hydrogens (primary N) is 1. The van der Waals surface area contributed by atoms with Crippen LogP contribution in [0.1, 0.15) is 5.56 Å². The highest BCUT2D eigenvalue weighted by Crippen LogP contribution is 2.25. The number of carbonyl (C=O) groups is 1. The summed E-state index contributed by atoms with van der Waals surface area (Å²) in [6.07, 6.45) is 1.68. The summed E-state index contributed by atoms with van der Waals surface area (Å²) in [5.74, 6) is 0.335. The number of thioether (sulfide) groups is 1. The normalized spacial score (nSPS) is 10.4. The van der Waals surface area contributed by atoms with E-state index in [1.165, 1.54) is 23.1 Å². The fourth-order valence-corrected chi connectivity index (χ4v) is 3.04. The zero-order chi connectivity index (χ0) is 13.7. The van der Waals surface area contributed by atoms with E-state index in [1.54, 1.807) is 18.3 Å². The van der Waals surface area contributed by atoms with E-state index in [0.29, 0.717) is 22.5 Å². The molecular formula is C12H12ClN3OS2. The number of nitrogens with zero attached hydrogens (tertiary/aromatic N) is 1. The van der Waals surface area contributed by atoms with Crippen molar-refractivity contribution in [3.05, 3.63) is 41.0 Å². The van der Waals surface area contributed by atoms with Crippen LogP contribution in [0.5, 0.6) is 0 Å². The van der Waals surface area contributed by atoms with Gasteiger partial charge in [0.05, 0.1) is 16.2 Å². The molecule has 1 amide bonds. The molecule has 1 aromatic heterocycles. The number of amides is 1. The van der Waals surface area contributed by atoms with Gasteiger partial charge in [-0.25, -0.2) is 4.98 Å². The average molecular weight is 314 g/mol. The fourth-order valence-electron chi connectivity index (χ4n) is 1.33. The van der Waals surface area contributed by atoms with E-state index < -0.39 is 0 Å². The Kier molecular flexibility index (Phi) is 5.07. The lowest BCUT2D eigenvalue weighted by Gasteiger charge is -2.04. The maximum Gasteiger partial charge on any atom is 0.230 e. The van der Waals surface area contributed by atoms with Gasteiger partial charge in [0.25, 0.3) is 0 Å². The molecule has 2 aromatic rings. The van der Waals surface area contributed by atoms with E-state index in [0.717, 1.165) is 9.77 Å². The molecule has 1 heterocycles. The number of nitrogens with one attached hydrogen (secondary N) is 1. The number of halogens is 1. The van der Waals surface area contributed by atoms with E-state index in [-0.39, 0.29) is 5.91 Å². The maximum atomic E-state index is 11.7. The van der Waals surface area contributed by atoms with Gasteiger partial charge >= 0.3 is 0 Å². The lowest BCUT2D eigenvalue weighted by molar-refractivity contribution is -0.118. The molecule has 19 heavy (non-hydrogen) atoms. The molecule has 0 spiro atoms. The van der Waals surface area contributed by atoms with Crippen LogP contribution in [-0.2, 0) is 11.3 Å². The van der Waals surface area contributed by atoms with Crippen LogP contribution in [0.25, 0.3) is 0 Å². The Morgan fingerprint density at radius 2 is 2.16 bits per heavy atom. The van der Waals surface area contributed by atoms with Crippen LogP contribution in [0.2, 0.25) is 5.02 Å². The Morgan fingerprint density at radius 1 is 1.42 bits per heavy atom. The molecule has 2 rings (SSSR count). The first-order valence-electron chi connectivity index (χ1n) is 5.49. The quantitative estimate of drug-likeness (QED) is 0.833. The molecule has 0 aliphatic carbocycles. The smallest absolute Gasteiger partial charge is 0.230 e. The van der Waals surface area contributed by atoms with Gasteiger partial charge in [-0.3, -0.25) is 4.79 Å². The van der Waals surface area contributed by atoms with Crippen LogP contribution < -0.4 is 11.1 Å². The summed E-state index contributed by atoms with van der Waals surface area (Å²) < 4.78 is 0.944. The highest BCUT2D eigenvalue weighted by atomic mass is 35.5. The van der Waals surface area contributed by atoms with Crippen LogP contribution in [0.15, 0.2) is 34.7 Å². The largest absolute Gasteiger partial charge is 0.375 e. The standard InChI is InChI=1S/C12H12ClN3OS2/c13-9-3-1-8(2-4-9)5-15-10(17)7-18-11-6-16-12(14)19-11/h1-4,6H,5,7H2,(H2,14,16)(H,15,17). The van der Waals surface area contributed by atoms with E-state index in [9.17, 15) is 4.79 Å². The predicted molar refractivity (Wildman–Crippen MR) is 80.5 cm³/mol. The van der Waals surface area contributed by atoms with Crippen LogP contribution in [-0.4, -0.2) is 16.6 Å². The van der Waals surface area contributed by atoms with Gasteiger partial charge in [-0.15, -0.1) is 11.8 Å². The Balaban J connectivity index is 1.74. The van der Waals surface area contributed by atoms with Crippen LogP contribution in [0.3, 0.4) is 0 Å². The number of benzene rings is 1. The van der Waals surface area contributed by atoms with E-state index in [4.69, 9.17) is 17.3 Å². The minimum atomic E-state index is -0.0214. The number of aromatic nitrogens is 1. The van der Waals surface area contributed by atoms with Crippen LogP contribution >= 0.6 is 34.7 Å². The van der Waals surface area contributed by atoms with Crippen molar-refractivity contribution in [3.8, 4) is 0 Å². The molecule has 0 radical (unpaired) electrons. The zero-order valence-corrected chi connectivity index (χ0v) is 12.3. The van der Waals surface area contributed by atoms with Crippen molar-refractivity contribution in [2.75, 3.05) is 11.5 Å². The zero-order valence-electron chi connectivity index (χ0n) is 9.93. The Morgan fingerprint density at radius 3 is 2.79 bits per heavy atom. The van der Waals surface area contributed by atoms with Gasteiger partial charge in [-0.1, -0.05) is 35.1 Å². The lowest BCUT2D eigenvalue weighted by atomic mass is 10.2. The first-order valence-corrected chi connectivity index (χ1v) is 7.67. The third-order valence-corrected chi connectivity index (χ3v) is 4.52. The van der Waals surface area contributed by atoms with E-state index in [1.807, 2.05) is 12.1 Å². The topological polar surface area (TPSA) is 68.0 Å². The third kappa shape index (κ3) is 4.74. The second-order valence-corrected chi connectivity index (χ2v) is 6.48. The highest BCUT2D eigenvalue weighted by Gasteiger charge is 2.05. The molecule has 0 bridgehead atoms. The number of anilines is 1. The predicted octanol–water partition coefficient (Wildman–Crippen LogP) is 2.79. The summed E-state index contributed by atoms with van der Waals surface area (Å²) in [6.45, 7) is 0.501. The molecule has 7 heteroatoms. The summed E-state index contributed by atoms with van der Waals surface area (Å²) in [7, 11) is 0. The first-order chi connectivity index (χ1) is 9.13.